The van der Waals surface area contributed by atoms with E-state index in [-0.39, 0.29) is 11.5 Å². The third-order valence-corrected chi connectivity index (χ3v) is 6.67. The molecule has 0 N–H and O–H groups in total. The number of likely N-dealkylation sites (tertiary alicyclic amines) is 1. The molecule has 3 heterocycles. The molecule has 188 valence electrons. The fourth-order valence-corrected chi connectivity index (χ4v) is 5.34. The van der Waals surface area contributed by atoms with Crippen molar-refractivity contribution in [1.29, 1.82) is 0 Å². The van der Waals surface area contributed by atoms with Gasteiger partial charge in [0.15, 0.2) is 0 Å². The first-order valence-corrected chi connectivity index (χ1v) is 11.9. The number of pyridine rings is 1. The predicted octanol–water partition coefficient (Wildman–Crippen LogP) is 2.84. The fourth-order valence-electron chi connectivity index (χ4n) is 5.34. The van der Waals surface area contributed by atoms with E-state index in [1.165, 1.54) is 4.90 Å². The van der Waals surface area contributed by atoms with Crippen molar-refractivity contribution in [2.45, 2.75) is 71.2 Å². The Hall–Kier alpha value is -2.75. The van der Waals surface area contributed by atoms with Gasteiger partial charge in [0.1, 0.15) is 24.0 Å². The number of esters is 1. The molecule has 0 radical (unpaired) electrons. The minimum absolute atomic E-state index is 0.109. The maximum atomic E-state index is 14.0. The predicted molar refractivity (Wildman–Crippen MR) is 126 cm³/mol. The van der Waals surface area contributed by atoms with Crippen LogP contribution in [0.25, 0.3) is 0 Å². The SMILES string of the molecule is CCOC(=O)[C@@H]1[C@@H](C(C)(C)C)[C@H]([N+](=O)[O-])[C@H](c2cccnc2N(C)C)N1C(=O)[C@@H]1CCCCO1. The Labute approximate surface area is 200 Å². The molecule has 0 saturated carbocycles. The summed E-state index contributed by atoms with van der Waals surface area (Å²) in [6.45, 7) is 7.81. The molecule has 0 spiro atoms. The molecule has 2 fully saturated rings. The molecule has 5 atom stereocenters. The van der Waals surface area contributed by atoms with Crippen LogP contribution in [0.5, 0.6) is 0 Å². The van der Waals surface area contributed by atoms with E-state index in [9.17, 15) is 19.7 Å². The number of hydrogen-bond acceptors (Lipinski definition) is 8. The fraction of sp³-hybridized carbons (Fsp3) is 0.708. The van der Waals surface area contributed by atoms with E-state index in [1.54, 1.807) is 44.2 Å². The van der Waals surface area contributed by atoms with Crippen LogP contribution in [0.1, 0.15) is 58.6 Å². The number of anilines is 1. The molecule has 1 aromatic heterocycles. The summed E-state index contributed by atoms with van der Waals surface area (Å²) in [6.07, 6.45) is 3.03. The highest BCUT2D eigenvalue weighted by Gasteiger charge is 2.65. The van der Waals surface area contributed by atoms with Gasteiger partial charge in [-0.15, -0.1) is 0 Å². The second kappa shape index (κ2) is 10.2. The Bertz CT molecular complexity index is 909. The van der Waals surface area contributed by atoms with E-state index < -0.39 is 47.4 Å². The number of hydrogen-bond donors (Lipinski definition) is 0. The minimum atomic E-state index is -1.23. The Morgan fingerprint density at radius 1 is 1.32 bits per heavy atom. The number of carbonyl (C=O) groups excluding carboxylic acids is 2. The van der Waals surface area contributed by atoms with Gasteiger partial charge in [0.2, 0.25) is 6.04 Å². The molecule has 0 aliphatic carbocycles. The zero-order valence-electron chi connectivity index (χ0n) is 20.9. The quantitative estimate of drug-likeness (QED) is 0.350. The van der Waals surface area contributed by atoms with E-state index in [0.717, 1.165) is 12.8 Å². The molecular formula is C24H36N4O6. The average molecular weight is 477 g/mol. The van der Waals surface area contributed by atoms with Gasteiger partial charge in [-0.25, -0.2) is 9.78 Å². The molecule has 34 heavy (non-hydrogen) atoms. The molecule has 10 heteroatoms. The van der Waals surface area contributed by atoms with Gasteiger partial charge < -0.3 is 19.3 Å². The number of amides is 1. The number of rotatable bonds is 6. The van der Waals surface area contributed by atoms with Crippen molar-refractivity contribution in [1.82, 2.24) is 9.88 Å². The van der Waals surface area contributed by atoms with Crippen LogP contribution in [0.15, 0.2) is 18.3 Å². The smallest absolute Gasteiger partial charge is 0.329 e. The van der Waals surface area contributed by atoms with E-state index in [1.807, 2.05) is 20.8 Å². The second-order valence-corrected chi connectivity index (χ2v) is 10.2. The highest BCUT2D eigenvalue weighted by Crippen LogP contribution is 2.51. The van der Waals surface area contributed by atoms with Gasteiger partial charge in [-0.1, -0.05) is 26.8 Å². The van der Waals surface area contributed by atoms with Crippen LogP contribution < -0.4 is 4.90 Å². The molecule has 0 unspecified atom stereocenters. The van der Waals surface area contributed by atoms with Crippen molar-refractivity contribution < 1.29 is 24.0 Å². The summed E-state index contributed by atoms with van der Waals surface area (Å²) in [5.41, 5.74) is -0.143. The van der Waals surface area contributed by atoms with Crippen LogP contribution in [0.3, 0.4) is 0 Å². The van der Waals surface area contributed by atoms with Gasteiger partial charge in [0.25, 0.3) is 5.91 Å². The lowest BCUT2D eigenvalue weighted by atomic mass is 9.73. The van der Waals surface area contributed by atoms with Crippen molar-refractivity contribution in [3.05, 3.63) is 34.0 Å². The summed E-state index contributed by atoms with van der Waals surface area (Å²) in [6, 6.07) is 0.0953. The lowest BCUT2D eigenvalue weighted by molar-refractivity contribution is -0.536. The molecule has 0 bridgehead atoms. The summed E-state index contributed by atoms with van der Waals surface area (Å²) in [4.78, 5) is 47.2. The van der Waals surface area contributed by atoms with Crippen LogP contribution in [-0.2, 0) is 19.1 Å². The van der Waals surface area contributed by atoms with Gasteiger partial charge in [-0.2, -0.15) is 0 Å². The molecule has 1 aromatic rings. The highest BCUT2D eigenvalue weighted by atomic mass is 16.6. The first-order chi connectivity index (χ1) is 16.0. The number of nitro groups is 1. The first-order valence-electron chi connectivity index (χ1n) is 11.9. The maximum absolute atomic E-state index is 14.0. The third kappa shape index (κ3) is 4.87. The van der Waals surface area contributed by atoms with Crippen LogP contribution in [0.4, 0.5) is 5.82 Å². The van der Waals surface area contributed by atoms with Crippen molar-refractivity contribution >= 4 is 17.7 Å². The summed E-state index contributed by atoms with van der Waals surface area (Å²) in [5, 5.41) is 12.6. The third-order valence-electron chi connectivity index (χ3n) is 6.67. The number of carbonyl (C=O) groups is 2. The molecule has 10 nitrogen and oxygen atoms in total. The topological polar surface area (TPSA) is 115 Å². The van der Waals surface area contributed by atoms with E-state index in [2.05, 4.69) is 4.98 Å². The summed E-state index contributed by atoms with van der Waals surface area (Å²) in [7, 11) is 3.59. The molecule has 1 amide bonds. The Balaban J connectivity index is 2.27. The van der Waals surface area contributed by atoms with Gasteiger partial charge in [-0.3, -0.25) is 14.9 Å². The molecule has 2 saturated heterocycles. The van der Waals surface area contributed by atoms with Crippen LogP contribution in [-0.4, -0.2) is 72.2 Å². The zero-order valence-corrected chi connectivity index (χ0v) is 20.9. The Morgan fingerprint density at radius 3 is 2.56 bits per heavy atom. The molecule has 2 aliphatic rings. The van der Waals surface area contributed by atoms with Crippen molar-refractivity contribution in [3.8, 4) is 0 Å². The summed E-state index contributed by atoms with van der Waals surface area (Å²) >= 11 is 0. The van der Waals surface area contributed by atoms with Gasteiger partial charge in [0, 0.05) is 37.4 Å². The molecule has 0 aromatic carbocycles. The Kier molecular flexibility index (Phi) is 7.80. The van der Waals surface area contributed by atoms with Crippen LogP contribution in [0.2, 0.25) is 0 Å². The molecule has 2 aliphatic heterocycles. The lowest BCUT2D eigenvalue weighted by Crippen LogP contribution is -2.51. The summed E-state index contributed by atoms with van der Waals surface area (Å²) < 4.78 is 11.2. The second-order valence-electron chi connectivity index (χ2n) is 10.2. The minimum Gasteiger partial charge on any atom is -0.464 e. The van der Waals surface area contributed by atoms with Crippen molar-refractivity contribution in [2.75, 3.05) is 32.2 Å². The first kappa shape index (κ1) is 25.9. The van der Waals surface area contributed by atoms with Crippen LogP contribution >= 0.6 is 0 Å². The number of nitrogens with zero attached hydrogens (tertiary/aromatic N) is 4. The number of aromatic nitrogens is 1. The zero-order chi connectivity index (χ0) is 25.2. The van der Waals surface area contributed by atoms with Gasteiger partial charge in [0.05, 0.1) is 12.5 Å². The van der Waals surface area contributed by atoms with E-state index >= 15 is 0 Å². The largest absolute Gasteiger partial charge is 0.464 e. The normalized spacial score (nSPS) is 27.4. The van der Waals surface area contributed by atoms with Crippen molar-refractivity contribution in [2.24, 2.45) is 11.3 Å². The number of ether oxygens (including phenoxy) is 2. The van der Waals surface area contributed by atoms with Crippen LogP contribution in [0, 0.1) is 21.4 Å². The van der Waals surface area contributed by atoms with Gasteiger partial charge >= 0.3 is 5.97 Å². The maximum Gasteiger partial charge on any atom is 0.329 e. The van der Waals surface area contributed by atoms with Gasteiger partial charge in [-0.05, 0) is 37.7 Å². The van der Waals surface area contributed by atoms with Crippen molar-refractivity contribution in [3.63, 3.8) is 0 Å². The van der Waals surface area contributed by atoms with E-state index in [0.29, 0.717) is 24.4 Å². The highest BCUT2D eigenvalue weighted by molar-refractivity contribution is 5.89. The lowest BCUT2D eigenvalue weighted by Gasteiger charge is -2.35. The summed E-state index contributed by atoms with van der Waals surface area (Å²) in [5.74, 6) is -1.31. The van der Waals surface area contributed by atoms with E-state index in [4.69, 9.17) is 9.47 Å². The molecule has 3 rings (SSSR count). The molecular weight excluding hydrogens is 440 g/mol. The standard InChI is InChI=1S/C24H36N4O6/c1-7-33-23(30)20-17(24(2,3)4)19(28(31)32)18(15-11-10-13-25-21(15)26(5)6)27(20)22(29)16-12-8-9-14-34-16/h10-11,13,16-20H,7-9,12,14H2,1-6H3/t16-,17-,18-,19-,20-/m0/s1. The Morgan fingerprint density at radius 2 is 2.03 bits per heavy atom. The average Bonchev–Trinajstić information content (AvgIpc) is 3.16. The monoisotopic (exact) mass is 476 g/mol.